The van der Waals surface area contributed by atoms with E-state index in [0.29, 0.717) is 32.5 Å². The van der Waals surface area contributed by atoms with E-state index in [2.05, 4.69) is 16.3 Å². The number of rotatable bonds is 5. The Bertz CT molecular complexity index is 496. The molecule has 0 unspecified atom stereocenters. The van der Waals surface area contributed by atoms with Gasteiger partial charge in [-0.25, -0.2) is 4.79 Å². The predicted molar refractivity (Wildman–Crippen MR) is 87.6 cm³/mol. The Morgan fingerprint density at radius 1 is 1.45 bits per heavy atom. The number of hydrogen-bond donors (Lipinski definition) is 2. The van der Waals surface area contributed by atoms with E-state index in [0.717, 1.165) is 0 Å². The third-order valence-electron chi connectivity index (χ3n) is 4.14. The minimum absolute atomic E-state index is 0.0262. The van der Waals surface area contributed by atoms with Crippen LogP contribution >= 0.6 is 11.3 Å². The van der Waals surface area contributed by atoms with Gasteiger partial charge in [-0.05, 0) is 38.4 Å². The summed E-state index contributed by atoms with van der Waals surface area (Å²) in [6.45, 7) is 1.73. The molecule has 0 spiro atoms. The molecule has 1 aromatic rings. The molecule has 1 aliphatic rings. The van der Waals surface area contributed by atoms with Gasteiger partial charge in [0.15, 0.2) is 0 Å². The number of likely N-dealkylation sites (N-methyl/N-ethyl adjacent to an activating group) is 1. The van der Waals surface area contributed by atoms with Crippen molar-refractivity contribution in [3.05, 3.63) is 22.4 Å². The molecule has 0 aliphatic carbocycles. The molecule has 1 fully saturated rings. The molecule has 2 heterocycles. The van der Waals surface area contributed by atoms with E-state index in [4.69, 9.17) is 5.73 Å². The van der Waals surface area contributed by atoms with Gasteiger partial charge in [-0.3, -0.25) is 4.79 Å². The lowest BCUT2D eigenvalue weighted by Crippen LogP contribution is -2.46. The number of primary amides is 1. The monoisotopic (exact) mass is 324 g/mol. The predicted octanol–water partition coefficient (Wildman–Crippen LogP) is 1.26. The Labute approximate surface area is 135 Å². The van der Waals surface area contributed by atoms with Crippen LogP contribution in [0.2, 0.25) is 0 Å². The van der Waals surface area contributed by atoms with Gasteiger partial charge >= 0.3 is 6.03 Å². The molecular formula is C15H24N4O2S. The first kappa shape index (κ1) is 16.8. The lowest BCUT2D eigenvalue weighted by molar-refractivity contribution is -0.126. The number of thiophene rings is 1. The van der Waals surface area contributed by atoms with E-state index in [1.807, 2.05) is 25.5 Å². The van der Waals surface area contributed by atoms with Crippen LogP contribution in [0.15, 0.2) is 17.5 Å². The second kappa shape index (κ2) is 7.60. The van der Waals surface area contributed by atoms with E-state index >= 15 is 0 Å². The largest absolute Gasteiger partial charge is 0.354 e. The molecule has 1 aliphatic heterocycles. The smallest absolute Gasteiger partial charge is 0.314 e. The highest BCUT2D eigenvalue weighted by Gasteiger charge is 2.27. The van der Waals surface area contributed by atoms with Crippen LogP contribution in [-0.4, -0.2) is 55.5 Å². The minimum atomic E-state index is -0.399. The second-order valence-electron chi connectivity index (χ2n) is 5.84. The number of nitrogens with one attached hydrogen (secondary N) is 1. The zero-order valence-electron chi connectivity index (χ0n) is 13.1. The van der Waals surface area contributed by atoms with Gasteiger partial charge in [-0.2, -0.15) is 0 Å². The highest BCUT2D eigenvalue weighted by molar-refractivity contribution is 7.10. The summed E-state index contributed by atoms with van der Waals surface area (Å²) in [4.78, 5) is 28.4. The Balaban J connectivity index is 1.83. The number of nitrogens with two attached hydrogens (primary N) is 1. The van der Waals surface area contributed by atoms with Crippen LogP contribution < -0.4 is 11.1 Å². The third kappa shape index (κ3) is 4.20. The molecular weight excluding hydrogens is 300 g/mol. The summed E-state index contributed by atoms with van der Waals surface area (Å²) in [5.74, 6) is 0.0503. The number of amides is 3. The van der Waals surface area contributed by atoms with Crippen LogP contribution in [0.3, 0.4) is 0 Å². The fraction of sp³-hybridized carbons (Fsp3) is 0.600. The first-order chi connectivity index (χ1) is 10.5. The average Bonchev–Trinajstić information content (AvgIpc) is 3.01. The number of carbonyl (C=O) groups is 2. The summed E-state index contributed by atoms with van der Waals surface area (Å²) in [5, 5.41) is 5.11. The summed E-state index contributed by atoms with van der Waals surface area (Å²) >= 11 is 1.70. The van der Waals surface area contributed by atoms with Crippen molar-refractivity contribution in [3.63, 3.8) is 0 Å². The summed E-state index contributed by atoms with van der Waals surface area (Å²) in [6, 6.07) is 3.91. The van der Waals surface area contributed by atoms with Crippen molar-refractivity contribution in [3.8, 4) is 0 Å². The van der Waals surface area contributed by atoms with Gasteiger partial charge in [0.1, 0.15) is 0 Å². The lowest BCUT2D eigenvalue weighted by atomic mass is 9.96. The SMILES string of the molecule is CN(C)[C@H](CNC(=O)C1CCN(C(N)=O)CC1)c1cccs1. The molecule has 0 bridgehead atoms. The van der Waals surface area contributed by atoms with Crippen LogP contribution in [0.4, 0.5) is 4.79 Å². The fourth-order valence-electron chi connectivity index (χ4n) is 2.72. The second-order valence-corrected chi connectivity index (χ2v) is 6.82. The molecule has 0 radical (unpaired) electrons. The molecule has 1 saturated heterocycles. The van der Waals surface area contributed by atoms with Gasteiger partial charge in [0.2, 0.25) is 5.91 Å². The Morgan fingerprint density at radius 2 is 2.14 bits per heavy atom. The van der Waals surface area contributed by atoms with Crippen LogP contribution in [0.5, 0.6) is 0 Å². The molecule has 3 amide bonds. The van der Waals surface area contributed by atoms with Crippen molar-refractivity contribution in [1.82, 2.24) is 15.1 Å². The normalized spacial score (nSPS) is 17.5. The maximum absolute atomic E-state index is 12.3. The highest BCUT2D eigenvalue weighted by Crippen LogP contribution is 2.23. The van der Waals surface area contributed by atoms with Crippen molar-refractivity contribution >= 4 is 23.3 Å². The van der Waals surface area contributed by atoms with E-state index in [-0.39, 0.29) is 17.9 Å². The van der Waals surface area contributed by atoms with Gasteiger partial charge < -0.3 is 20.9 Å². The molecule has 6 nitrogen and oxygen atoms in total. The van der Waals surface area contributed by atoms with Crippen LogP contribution in [0, 0.1) is 5.92 Å². The van der Waals surface area contributed by atoms with Gasteiger partial charge in [0.05, 0.1) is 6.04 Å². The Morgan fingerprint density at radius 3 is 2.64 bits per heavy atom. The molecule has 22 heavy (non-hydrogen) atoms. The Hall–Kier alpha value is -1.60. The third-order valence-corrected chi connectivity index (χ3v) is 5.12. The number of piperidine rings is 1. The van der Waals surface area contributed by atoms with Crippen LogP contribution in [-0.2, 0) is 4.79 Å². The molecule has 2 rings (SSSR count). The van der Waals surface area contributed by atoms with Gasteiger partial charge in [0.25, 0.3) is 0 Å². The number of likely N-dealkylation sites (tertiary alicyclic amines) is 1. The highest BCUT2D eigenvalue weighted by atomic mass is 32.1. The number of carbonyl (C=O) groups excluding carboxylic acids is 2. The van der Waals surface area contributed by atoms with Crippen LogP contribution in [0.25, 0.3) is 0 Å². The quantitative estimate of drug-likeness (QED) is 0.856. The summed E-state index contributed by atoms with van der Waals surface area (Å²) in [6.07, 6.45) is 1.36. The topological polar surface area (TPSA) is 78.7 Å². The van der Waals surface area contributed by atoms with Crippen molar-refractivity contribution in [2.24, 2.45) is 11.7 Å². The zero-order chi connectivity index (χ0) is 16.1. The molecule has 122 valence electrons. The molecule has 1 aromatic heterocycles. The number of nitrogens with zero attached hydrogens (tertiary/aromatic N) is 2. The summed E-state index contributed by atoms with van der Waals surface area (Å²) in [5.41, 5.74) is 5.26. The lowest BCUT2D eigenvalue weighted by Gasteiger charge is -2.31. The molecule has 1 atom stereocenters. The molecule has 0 aromatic carbocycles. The van der Waals surface area contributed by atoms with Crippen LogP contribution in [0.1, 0.15) is 23.8 Å². The molecule has 7 heteroatoms. The zero-order valence-corrected chi connectivity index (χ0v) is 13.9. The van der Waals surface area contributed by atoms with Crippen molar-refractivity contribution in [1.29, 1.82) is 0 Å². The van der Waals surface area contributed by atoms with E-state index in [1.54, 1.807) is 16.2 Å². The first-order valence-electron chi connectivity index (χ1n) is 7.51. The molecule has 3 N–H and O–H groups in total. The van der Waals surface area contributed by atoms with Crippen molar-refractivity contribution < 1.29 is 9.59 Å². The van der Waals surface area contributed by atoms with Gasteiger partial charge in [0, 0.05) is 30.4 Å². The van der Waals surface area contributed by atoms with E-state index < -0.39 is 6.03 Å². The van der Waals surface area contributed by atoms with Gasteiger partial charge in [-0.15, -0.1) is 11.3 Å². The summed E-state index contributed by atoms with van der Waals surface area (Å²) < 4.78 is 0. The standard InChI is InChI=1S/C15H24N4O2S/c1-18(2)12(13-4-3-9-22-13)10-17-14(20)11-5-7-19(8-6-11)15(16)21/h3-4,9,11-12H,5-8,10H2,1-2H3,(H2,16,21)(H,17,20)/t12-/m1/s1. The maximum Gasteiger partial charge on any atom is 0.314 e. The number of hydrogen-bond acceptors (Lipinski definition) is 4. The van der Waals surface area contributed by atoms with Crippen molar-refractivity contribution in [2.75, 3.05) is 33.7 Å². The average molecular weight is 324 g/mol. The van der Waals surface area contributed by atoms with Gasteiger partial charge in [-0.1, -0.05) is 6.07 Å². The maximum atomic E-state index is 12.3. The molecule has 0 saturated carbocycles. The minimum Gasteiger partial charge on any atom is -0.354 e. The number of urea groups is 1. The Kier molecular flexibility index (Phi) is 5.79. The first-order valence-corrected chi connectivity index (χ1v) is 8.39. The van der Waals surface area contributed by atoms with Crippen molar-refractivity contribution in [2.45, 2.75) is 18.9 Å². The fourth-order valence-corrected chi connectivity index (χ4v) is 3.64. The van der Waals surface area contributed by atoms with E-state index in [1.165, 1.54) is 4.88 Å². The summed E-state index contributed by atoms with van der Waals surface area (Å²) in [7, 11) is 4.03. The van der Waals surface area contributed by atoms with E-state index in [9.17, 15) is 9.59 Å².